The molecule has 2 aliphatic heterocycles. The molecule has 3 aromatic rings. The summed E-state index contributed by atoms with van der Waals surface area (Å²) < 4.78 is 3.57. The van der Waals surface area contributed by atoms with Gasteiger partial charge < -0.3 is 9.47 Å². The standard InChI is InChI=1S/C21H21N5O2/c1-14-20(22-23-26(14)17-6-3-2-4-7-17)21(28)24-11-15-10-16(13-24)18-8-5-9-19(27)25(18)12-15/h2-9,15-16H,10-13H2,1H3/t15-,16+/m0/s1. The Labute approximate surface area is 162 Å². The van der Waals surface area contributed by atoms with Crippen LogP contribution >= 0.6 is 0 Å². The predicted octanol–water partition coefficient (Wildman–Crippen LogP) is 2.00. The summed E-state index contributed by atoms with van der Waals surface area (Å²) in [5, 5.41) is 8.38. The quantitative estimate of drug-likeness (QED) is 0.687. The number of aromatic nitrogens is 4. The van der Waals surface area contributed by atoms with Crippen LogP contribution in [0, 0.1) is 12.8 Å². The van der Waals surface area contributed by atoms with Crippen molar-refractivity contribution in [1.82, 2.24) is 24.5 Å². The molecule has 142 valence electrons. The molecule has 0 radical (unpaired) electrons. The Bertz CT molecular complexity index is 1100. The summed E-state index contributed by atoms with van der Waals surface area (Å²) in [6.07, 6.45) is 1.02. The molecule has 5 rings (SSSR count). The summed E-state index contributed by atoms with van der Waals surface area (Å²) in [4.78, 5) is 27.3. The molecule has 1 aromatic carbocycles. The van der Waals surface area contributed by atoms with Gasteiger partial charge in [0, 0.05) is 37.3 Å². The molecule has 0 spiro atoms. The van der Waals surface area contributed by atoms with Gasteiger partial charge in [-0.25, -0.2) is 4.68 Å². The van der Waals surface area contributed by atoms with Crippen LogP contribution in [0.1, 0.15) is 34.2 Å². The lowest BCUT2D eigenvalue weighted by molar-refractivity contribution is 0.0588. The van der Waals surface area contributed by atoms with Crippen LogP contribution in [0.5, 0.6) is 0 Å². The van der Waals surface area contributed by atoms with Gasteiger partial charge in [0.05, 0.1) is 11.4 Å². The molecule has 2 atom stereocenters. The number of benzene rings is 1. The molecule has 2 aromatic heterocycles. The third kappa shape index (κ3) is 2.66. The van der Waals surface area contributed by atoms with E-state index in [-0.39, 0.29) is 17.4 Å². The number of hydrogen-bond donors (Lipinski definition) is 0. The van der Waals surface area contributed by atoms with Crippen LogP contribution in [0.2, 0.25) is 0 Å². The average molecular weight is 375 g/mol. The maximum Gasteiger partial charge on any atom is 0.276 e. The van der Waals surface area contributed by atoms with Crippen molar-refractivity contribution in [2.24, 2.45) is 5.92 Å². The molecule has 7 nitrogen and oxygen atoms in total. The highest BCUT2D eigenvalue weighted by Gasteiger charge is 2.37. The first-order valence-corrected chi connectivity index (χ1v) is 9.58. The maximum atomic E-state index is 13.2. The number of carbonyl (C=O) groups is 1. The molecule has 0 aliphatic carbocycles. The third-order valence-corrected chi connectivity index (χ3v) is 5.86. The Balaban J connectivity index is 1.43. The van der Waals surface area contributed by atoms with Crippen LogP contribution in [0.4, 0.5) is 0 Å². The number of nitrogens with zero attached hydrogens (tertiary/aromatic N) is 5. The van der Waals surface area contributed by atoms with Crippen molar-refractivity contribution >= 4 is 5.91 Å². The number of fused-ring (bicyclic) bond motifs is 4. The van der Waals surface area contributed by atoms with E-state index < -0.39 is 0 Å². The van der Waals surface area contributed by atoms with E-state index in [0.29, 0.717) is 31.2 Å². The minimum absolute atomic E-state index is 0.0497. The molecule has 1 saturated heterocycles. The highest BCUT2D eigenvalue weighted by atomic mass is 16.2. The molecule has 4 heterocycles. The maximum absolute atomic E-state index is 13.2. The smallest absolute Gasteiger partial charge is 0.276 e. The Hall–Kier alpha value is -3.22. The van der Waals surface area contributed by atoms with Crippen LogP contribution in [-0.2, 0) is 6.54 Å². The molecular weight excluding hydrogens is 354 g/mol. The lowest BCUT2D eigenvalue weighted by atomic mass is 9.83. The van der Waals surface area contributed by atoms with Gasteiger partial charge in [-0.05, 0) is 37.5 Å². The van der Waals surface area contributed by atoms with Gasteiger partial charge in [-0.1, -0.05) is 29.5 Å². The number of amides is 1. The average Bonchev–Trinajstić information content (AvgIpc) is 3.10. The van der Waals surface area contributed by atoms with E-state index in [2.05, 4.69) is 10.3 Å². The van der Waals surface area contributed by atoms with Crippen molar-refractivity contribution in [3.05, 3.63) is 76.0 Å². The van der Waals surface area contributed by atoms with Gasteiger partial charge in [-0.15, -0.1) is 5.10 Å². The van der Waals surface area contributed by atoms with Crippen molar-refractivity contribution < 1.29 is 4.79 Å². The zero-order valence-electron chi connectivity index (χ0n) is 15.7. The Morgan fingerprint density at radius 1 is 1.04 bits per heavy atom. The first-order chi connectivity index (χ1) is 13.6. The number of hydrogen-bond acceptors (Lipinski definition) is 4. The van der Waals surface area contributed by atoms with Crippen molar-refractivity contribution in [3.8, 4) is 5.69 Å². The van der Waals surface area contributed by atoms with Gasteiger partial charge in [-0.3, -0.25) is 9.59 Å². The molecule has 7 heteroatoms. The second-order valence-corrected chi connectivity index (χ2v) is 7.68. The molecule has 0 unspecified atom stereocenters. The van der Waals surface area contributed by atoms with Crippen molar-refractivity contribution in [1.29, 1.82) is 0 Å². The summed E-state index contributed by atoms with van der Waals surface area (Å²) >= 11 is 0. The molecule has 2 bridgehead atoms. The normalized spacial score (nSPS) is 20.7. The van der Waals surface area contributed by atoms with E-state index in [1.807, 2.05) is 58.9 Å². The molecular formula is C21H21N5O2. The third-order valence-electron chi connectivity index (χ3n) is 5.86. The van der Waals surface area contributed by atoms with Crippen molar-refractivity contribution in [2.75, 3.05) is 13.1 Å². The molecule has 1 amide bonds. The fourth-order valence-corrected chi connectivity index (χ4v) is 4.55. The van der Waals surface area contributed by atoms with Gasteiger partial charge in [0.15, 0.2) is 5.69 Å². The number of para-hydroxylation sites is 1. The second-order valence-electron chi connectivity index (χ2n) is 7.68. The molecule has 1 fully saturated rings. The van der Waals surface area contributed by atoms with Crippen molar-refractivity contribution in [2.45, 2.75) is 25.8 Å². The topological polar surface area (TPSA) is 73.0 Å². The Kier molecular flexibility index (Phi) is 3.89. The summed E-state index contributed by atoms with van der Waals surface area (Å²) in [6.45, 7) is 3.80. The highest BCUT2D eigenvalue weighted by molar-refractivity contribution is 5.93. The van der Waals surface area contributed by atoms with Gasteiger partial charge in [0.2, 0.25) is 0 Å². The van der Waals surface area contributed by atoms with E-state index in [9.17, 15) is 9.59 Å². The van der Waals surface area contributed by atoms with Crippen LogP contribution in [0.25, 0.3) is 5.69 Å². The van der Waals surface area contributed by atoms with E-state index in [4.69, 9.17) is 0 Å². The number of likely N-dealkylation sites (tertiary alicyclic amines) is 1. The van der Waals surface area contributed by atoms with Gasteiger partial charge in [-0.2, -0.15) is 0 Å². The summed E-state index contributed by atoms with van der Waals surface area (Å²) in [6, 6.07) is 15.1. The van der Waals surface area contributed by atoms with Crippen LogP contribution in [-0.4, -0.2) is 43.5 Å². The zero-order chi connectivity index (χ0) is 19.3. The van der Waals surface area contributed by atoms with E-state index >= 15 is 0 Å². The minimum Gasteiger partial charge on any atom is -0.336 e. The lowest BCUT2D eigenvalue weighted by Crippen LogP contribution is -2.49. The summed E-state index contributed by atoms with van der Waals surface area (Å²) in [5.74, 6) is 0.399. The summed E-state index contributed by atoms with van der Waals surface area (Å²) in [7, 11) is 0. The predicted molar refractivity (Wildman–Crippen MR) is 104 cm³/mol. The Morgan fingerprint density at radius 2 is 1.86 bits per heavy atom. The van der Waals surface area contributed by atoms with Gasteiger partial charge in [0.1, 0.15) is 0 Å². The van der Waals surface area contributed by atoms with Crippen LogP contribution < -0.4 is 5.56 Å². The highest BCUT2D eigenvalue weighted by Crippen LogP contribution is 2.35. The van der Waals surface area contributed by atoms with Gasteiger partial charge >= 0.3 is 0 Å². The zero-order valence-corrected chi connectivity index (χ0v) is 15.7. The van der Waals surface area contributed by atoms with Crippen molar-refractivity contribution in [3.63, 3.8) is 0 Å². The largest absolute Gasteiger partial charge is 0.336 e. The first kappa shape index (κ1) is 16.9. The molecule has 2 aliphatic rings. The van der Waals surface area contributed by atoms with Crippen LogP contribution in [0.3, 0.4) is 0 Å². The summed E-state index contributed by atoms with van der Waals surface area (Å²) in [5.41, 5.74) is 3.10. The molecule has 0 saturated carbocycles. The monoisotopic (exact) mass is 375 g/mol. The van der Waals surface area contributed by atoms with E-state index in [1.54, 1.807) is 10.7 Å². The first-order valence-electron chi connectivity index (χ1n) is 9.58. The Morgan fingerprint density at radius 3 is 2.68 bits per heavy atom. The fourth-order valence-electron chi connectivity index (χ4n) is 4.55. The van der Waals surface area contributed by atoms with E-state index in [1.165, 1.54) is 0 Å². The molecule has 28 heavy (non-hydrogen) atoms. The van der Waals surface area contributed by atoms with Gasteiger partial charge in [0.25, 0.3) is 11.5 Å². The SMILES string of the molecule is Cc1c(C(=O)N2C[C@@H]3C[C@H](C2)c2cccc(=O)n2C3)nnn1-c1ccccc1. The van der Waals surface area contributed by atoms with E-state index in [0.717, 1.165) is 23.5 Å². The minimum atomic E-state index is -0.0823. The van der Waals surface area contributed by atoms with Crippen LogP contribution in [0.15, 0.2) is 53.3 Å². The lowest BCUT2D eigenvalue weighted by Gasteiger charge is -2.42. The number of carbonyl (C=O) groups excluding carboxylic acids is 1. The number of rotatable bonds is 2. The molecule has 0 N–H and O–H groups in total. The fraction of sp³-hybridized carbons (Fsp3) is 0.333. The second kappa shape index (κ2) is 6.44. The number of piperidine rings is 1. The number of pyridine rings is 1.